The molecule has 2 heterocycles. The van der Waals surface area contributed by atoms with Crippen molar-refractivity contribution in [2.24, 2.45) is 5.92 Å². The van der Waals surface area contributed by atoms with Gasteiger partial charge in [0.2, 0.25) is 5.91 Å². The smallest absolute Gasteiger partial charge is 0.222 e. The number of nitrogens with zero attached hydrogens (tertiary/aromatic N) is 2. The van der Waals surface area contributed by atoms with Crippen LogP contribution in [0.1, 0.15) is 45.4 Å². The van der Waals surface area contributed by atoms with Crippen LogP contribution in [0.2, 0.25) is 5.02 Å². The molecule has 0 aliphatic carbocycles. The molecule has 0 radical (unpaired) electrons. The molecule has 3 nitrogen and oxygen atoms in total. The van der Waals surface area contributed by atoms with Gasteiger partial charge in [0.05, 0.1) is 5.37 Å². The maximum absolute atomic E-state index is 14.2. The van der Waals surface area contributed by atoms with Crippen molar-refractivity contribution in [2.75, 3.05) is 18.0 Å². The minimum absolute atomic E-state index is 0.249. The fourth-order valence-corrected chi connectivity index (χ4v) is 5.90. The Morgan fingerprint density at radius 1 is 1.12 bits per heavy atom. The molecule has 2 aromatic rings. The Bertz CT molecular complexity index is 957. The van der Waals surface area contributed by atoms with E-state index in [2.05, 4.69) is 23.4 Å². The largest absolute Gasteiger partial charge is 0.343 e. The molecule has 1 atom stereocenters. The third-order valence-corrected chi connectivity index (χ3v) is 7.82. The zero-order valence-electron chi connectivity index (χ0n) is 18.5. The van der Waals surface area contributed by atoms with Gasteiger partial charge in [0, 0.05) is 42.0 Å². The second kappa shape index (κ2) is 10.8. The molecule has 6 heteroatoms. The van der Waals surface area contributed by atoms with Crippen molar-refractivity contribution in [3.8, 4) is 11.1 Å². The molecule has 170 valence electrons. The third-order valence-electron chi connectivity index (χ3n) is 6.40. The number of hydrogen-bond donors (Lipinski definition) is 0. The summed E-state index contributed by atoms with van der Waals surface area (Å²) in [5.41, 5.74) is 2.81. The summed E-state index contributed by atoms with van der Waals surface area (Å²) in [5.74, 6) is 0.522. The lowest BCUT2D eigenvalue weighted by Gasteiger charge is -2.38. The molecule has 4 rings (SSSR count). The van der Waals surface area contributed by atoms with Crippen molar-refractivity contribution in [2.45, 2.75) is 50.8 Å². The number of anilines is 1. The average Bonchev–Trinajstić information content (AvgIpc) is 3.29. The Kier molecular flexibility index (Phi) is 7.80. The highest BCUT2D eigenvalue weighted by molar-refractivity contribution is 8.03. The molecule has 2 aliphatic rings. The molecule has 1 amide bonds. The standard InChI is InChI=1S/C26H30ClFN2OS/c1-2-3-4-5-25(31)29-14-12-20(13-15-29)26-30(16-17-32-26)24-11-10-22(28)18-23(24)19-6-8-21(27)9-7-19/h6-11,16-18,20,26H,2-5,12-15H2,1H3. The summed E-state index contributed by atoms with van der Waals surface area (Å²) < 4.78 is 14.2. The summed E-state index contributed by atoms with van der Waals surface area (Å²) in [4.78, 5) is 16.8. The zero-order valence-corrected chi connectivity index (χ0v) is 20.0. The topological polar surface area (TPSA) is 23.6 Å². The molecule has 0 saturated carbocycles. The lowest BCUT2D eigenvalue weighted by atomic mass is 9.94. The molecule has 0 N–H and O–H groups in total. The average molecular weight is 473 g/mol. The fraction of sp³-hybridized carbons (Fsp3) is 0.423. The third kappa shape index (κ3) is 5.32. The highest BCUT2D eigenvalue weighted by Gasteiger charge is 2.34. The number of piperidine rings is 1. The highest BCUT2D eigenvalue weighted by atomic mass is 35.5. The normalized spacial score (nSPS) is 19.0. The number of rotatable bonds is 7. The number of unbranched alkanes of at least 4 members (excludes halogenated alkanes) is 2. The van der Waals surface area contributed by atoms with E-state index in [9.17, 15) is 9.18 Å². The number of benzene rings is 2. The van der Waals surface area contributed by atoms with E-state index in [4.69, 9.17) is 11.6 Å². The predicted molar refractivity (Wildman–Crippen MR) is 133 cm³/mol. The molecule has 1 fully saturated rings. The van der Waals surface area contributed by atoms with Crippen LogP contribution in [-0.2, 0) is 4.79 Å². The van der Waals surface area contributed by atoms with Crippen LogP contribution in [0.3, 0.4) is 0 Å². The van der Waals surface area contributed by atoms with Crippen molar-refractivity contribution >= 4 is 35.0 Å². The van der Waals surface area contributed by atoms with Crippen molar-refractivity contribution in [1.29, 1.82) is 0 Å². The molecule has 0 spiro atoms. The summed E-state index contributed by atoms with van der Waals surface area (Å²) in [6.07, 6.45) is 8.01. The second-order valence-corrected chi connectivity index (χ2v) is 10.0. The van der Waals surface area contributed by atoms with Crippen LogP contribution in [-0.4, -0.2) is 29.3 Å². The van der Waals surface area contributed by atoms with Gasteiger partial charge in [0.1, 0.15) is 5.82 Å². The SMILES string of the molecule is CCCCCC(=O)N1CCC(C2SC=CN2c2ccc(F)cc2-c2ccc(Cl)cc2)CC1. The summed E-state index contributed by atoms with van der Waals surface area (Å²) in [5, 5.41) is 3.04. The first-order chi connectivity index (χ1) is 15.6. The fourth-order valence-electron chi connectivity index (χ4n) is 4.60. The molecular weight excluding hydrogens is 443 g/mol. The Morgan fingerprint density at radius 2 is 1.88 bits per heavy atom. The quantitative estimate of drug-likeness (QED) is 0.394. The van der Waals surface area contributed by atoms with Gasteiger partial charge >= 0.3 is 0 Å². The number of hydrogen-bond acceptors (Lipinski definition) is 3. The van der Waals surface area contributed by atoms with E-state index in [1.54, 1.807) is 6.07 Å². The van der Waals surface area contributed by atoms with Gasteiger partial charge in [0.25, 0.3) is 0 Å². The molecule has 1 saturated heterocycles. The number of likely N-dealkylation sites (tertiary alicyclic amines) is 1. The molecule has 2 aromatic carbocycles. The van der Waals surface area contributed by atoms with Crippen LogP contribution in [0.5, 0.6) is 0 Å². The van der Waals surface area contributed by atoms with Gasteiger partial charge in [0.15, 0.2) is 0 Å². The van der Waals surface area contributed by atoms with Crippen molar-refractivity contribution < 1.29 is 9.18 Å². The van der Waals surface area contributed by atoms with Gasteiger partial charge in [-0.25, -0.2) is 4.39 Å². The number of halogens is 2. The van der Waals surface area contributed by atoms with Gasteiger partial charge in [-0.1, -0.05) is 43.5 Å². The number of carbonyl (C=O) groups excluding carboxylic acids is 1. The number of carbonyl (C=O) groups is 1. The number of thioether (sulfide) groups is 1. The Hall–Kier alpha value is -1.98. The molecule has 2 aliphatic heterocycles. The van der Waals surface area contributed by atoms with E-state index < -0.39 is 0 Å². The van der Waals surface area contributed by atoms with E-state index >= 15 is 0 Å². The van der Waals surface area contributed by atoms with E-state index in [0.29, 0.717) is 23.3 Å². The molecule has 1 unspecified atom stereocenters. The van der Waals surface area contributed by atoms with Gasteiger partial charge < -0.3 is 9.80 Å². The van der Waals surface area contributed by atoms with E-state index in [1.165, 1.54) is 6.07 Å². The minimum atomic E-state index is -0.249. The Morgan fingerprint density at radius 3 is 2.59 bits per heavy atom. The van der Waals surface area contributed by atoms with Crippen LogP contribution in [0.15, 0.2) is 54.1 Å². The highest BCUT2D eigenvalue weighted by Crippen LogP contribution is 2.43. The van der Waals surface area contributed by atoms with Gasteiger partial charge in [-0.15, -0.1) is 11.8 Å². The van der Waals surface area contributed by atoms with E-state index in [-0.39, 0.29) is 11.2 Å². The molecule has 32 heavy (non-hydrogen) atoms. The van der Waals surface area contributed by atoms with Crippen LogP contribution in [0.4, 0.5) is 10.1 Å². The van der Waals surface area contributed by atoms with Crippen molar-refractivity contribution in [3.63, 3.8) is 0 Å². The van der Waals surface area contributed by atoms with Crippen LogP contribution < -0.4 is 4.90 Å². The summed E-state index contributed by atoms with van der Waals surface area (Å²) >= 11 is 7.88. The van der Waals surface area contributed by atoms with Gasteiger partial charge in [-0.05, 0) is 66.5 Å². The predicted octanol–water partition coefficient (Wildman–Crippen LogP) is 7.32. The zero-order chi connectivity index (χ0) is 22.5. The Labute approximate surface area is 199 Å². The Balaban J connectivity index is 1.47. The van der Waals surface area contributed by atoms with Gasteiger partial charge in [-0.2, -0.15) is 0 Å². The van der Waals surface area contributed by atoms with E-state index in [0.717, 1.165) is 62.0 Å². The maximum Gasteiger partial charge on any atom is 0.222 e. The number of amides is 1. The monoisotopic (exact) mass is 472 g/mol. The maximum atomic E-state index is 14.2. The molecule has 0 bridgehead atoms. The first-order valence-electron chi connectivity index (χ1n) is 11.5. The van der Waals surface area contributed by atoms with Crippen molar-refractivity contribution in [3.05, 3.63) is 64.9 Å². The van der Waals surface area contributed by atoms with E-state index in [1.807, 2.05) is 47.0 Å². The first kappa shape index (κ1) is 23.2. The first-order valence-corrected chi connectivity index (χ1v) is 12.8. The lowest BCUT2D eigenvalue weighted by Crippen LogP contribution is -2.43. The van der Waals surface area contributed by atoms with Crippen LogP contribution in [0, 0.1) is 11.7 Å². The minimum Gasteiger partial charge on any atom is -0.343 e. The summed E-state index contributed by atoms with van der Waals surface area (Å²) in [6, 6.07) is 12.5. The molecular formula is C26H30ClFN2OS. The van der Waals surface area contributed by atoms with Crippen LogP contribution >= 0.6 is 23.4 Å². The van der Waals surface area contributed by atoms with Gasteiger partial charge in [-0.3, -0.25) is 4.79 Å². The molecule has 0 aromatic heterocycles. The second-order valence-electron chi connectivity index (χ2n) is 8.56. The summed E-state index contributed by atoms with van der Waals surface area (Å²) in [7, 11) is 0. The lowest BCUT2D eigenvalue weighted by molar-refractivity contribution is -0.132. The van der Waals surface area contributed by atoms with Crippen LogP contribution in [0.25, 0.3) is 11.1 Å². The summed E-state index contributed by atoms with van der Waals surface area (Å²) in [6.45, 7) is 3.82. The van der Waals surface area contributed by atoms with Crippen molar-refractivity contribution in [1.82, 2.24) is 4.90 Å².